The van der Waals surface area contributed by atoms with Crippen LogP contribution in [0.2, 0.25) is 0 Å². The lowest BCUT2D eigenvalue weighted by molar-refractivity contribution is -0.128. The highest BCUT2D eigenvalue weighted by Crippen LogP contribution is 2.43. The van der Waals surface area contributed by atoms with Crippen molar-refractivity contribution in [3.63, 3.8) is 0 Å². The molecule has 0 radical (unpaired) electrons. The van der Waals surface area contributed by atoms with Gasteiger partial charge in [0.05, 0.1) is 4.83 Å². The Morgan fingerprint density at radius 1 is 1.04 bits per heavy atom. The van der Waals surface area contributed by atoms with Gasteiger partial charge in [-0.2, -0.15) is 0 Å². The average molecular weight is 374 g/mol. The van der Waals surface area contributed by atoms with Gasteiger partial charge in [-0.3, -0.25) is 4.79 Å². The van der Waals surface area contributed by atoms with Gasteiger partial charge in [-0.05, 0) is 18.1 Å². The topological polar surface area (TPSA) is 46.6 Å². The molecule has 1 aliphatic heterocycles. The predicted molar refractivity (Wildman–Crippen MR) is 90.1 cm³/mol. The van der Waals surface area contributed by atoms with Gasteiger partial charge in [-0.25, -0.2) is 9.69 Å². The van der Waals surface area contributed by atoms with E-state index in [0.717, 1.165) is 11.1 Å². The number of ether oxygens (including phenoxy) is 1. The standard InChI is InChI=1S/C18H16BrNO3/c1-12(19)17(21)20-15(13-8-4-2-5-9-13)16(23-18(20)22)14-10-6-3-7-11-14/h2-12,15-16H,1H3/t12?,15-,16+/m1/s1. The normalized spacial score (nSPS) is 21.8. The first-order valence-corrected chi connectivity index (χ1v) is 8.29. The van der Waals surface area contributed by atoms with Crippen LogP contribution >= 0.6 is 15.9 Å². The fraction of sp³-hybridized carbons (Fsp3) is 0.222. The molecule has 1 aliphatic rings. The third-order valence-electron chi connectivity index (χ3n) is 3.84. The number of rotatable bonds is 3. The Kier molecular flexibility index (Phi) is 4.48. The van der Waals surface area contributed by atoms with Gasteiger partial charge in [0.1, 0.15) is 6.04 Å². The maximum Gasteiger partial charge on any atom is 0.417 e. The number of carbonyl (C=O) groups excluding carboxylic acids is 2. The minimum Gasteiger partial charge on any atom is -0.438 e. The molecule has 3 atom stereocenters. The summed E-state index contributed by atoms with van der Waals surface area (Å²) in [6, 6.07) is 18.5. The van der Waals surface area contributed by atoms with Crippen molar-refractivity contribution in [1.29, 1.82) is 0 Å². The van der Waals surface area contributed by atoms with Crippen LogP contribution < -0.4 is 0 Å². The molecule has 0 aliphatic carbocycles. The number of halogens is 1. The van der Waals surface area contributed by atoms with Gasteiger partial charge in [-0.15, -0.1) is 0 Å². The van der Waals surface area contributed by atoms with Crippen molar-refractivity contribution >= 4 is 27.9 Å². The van der Waals surface area contributed by atoms with Crippen molar-refractivity contribution in [3.8, 4) is 0 Å². The Morgan fingerprint density at radius 2 is 1.57 bits per heavy atom. The fourth-order valence-corrected chi connectivity index (χ4v) is 2.99. The summed E-state index contributed by atoms with van der Waals surface area (Å²) in [5.74, 6) is -0.303. The van der Waals surface area contributed by atoms with Crippen LogP contribution in [0.1, 0.15) is 30.2 Å². The molecule has 0 aromatic heterocycles. The molecule has 1 unspecified atom stereocenters. The molecule has 0 saturated carbocycles. The fourth-order valence-electron chi connectivity index (χ4n) is 2.76. The van der Waals surface area contributed by atoms with E-state index >= 15 is 0 Å². The molecule has 0 bridgehead atoms. The Labute approximate surface area is 143 Å². The van der Waals surface area contributed by atoms with Crippen molar-refractivity contribution in [2.24, 2.45) is 0 Å². The van der Waals surface area contributed by atoms with Crippen LogP contribution in [-0.4, -0.2) is 21.7 Å². The van der Waals surface area contributed by atoms with E-state index in [1.165, 1.54) is 4.90 Å². The minimum absolute atomic E-state index is 0.303. The maximum absolute atomic E-state index is 12.5. The van der Waals surface area contributed by atoms with Crippen LogP contribution in [-0.2, 0) is 9.53 Å². The summed E-state index contributed by atoms with van der Waals surface area (Å²) in [5.41, 5.74) is 1.74. The Hall–Kier alpha value is -2.14. The van der Waals surface area contributed by atoms with E-state index in [1.807, 2.05) is 60.7 Å². The zero-order chi connectivity index (χ0) is 16.4. The van der Waals surface area contributed by atoms with E-state index in [9.17, 15) is 9.59 Å². The molecule has 1 fully saturated rings. The average Bonchev–Trinajstić information content (AvgIpc) is 2.93. The van der Waals surface area contributed by atoms with Crippen molar-refractivity contribution in [3.05, 3.63) is 71.8 Å². The number of alkyl halides is 1. The minimum atomic E-state index is -0.607. The van der Waals surface area contributed by atoms with Gasteiger partial charge < -0.3 is 4.74 Å². The zero-order valence-electron chi connectivity index (χ0n) is 12.6. The molecule has 5 heteroatoms. The van der Waals surface area contributed by atoms with Gasteiger partial charge in [0.2, 0.25) is 5.91 Å². The second-order valence-electron chi connectivity index (χ2n) is 5.39. The van der Waals surface area contributed by atoms with E-state index in [4.69, 9.17) is 4.74 Å². The molecular weight excluding hydrogens is 358 g/mol. The number of hydrogen-bond acceptors (Lipinski definition) is 3. The number of carbonyl (C=O) groups is 2. The summed E-state index contributed by atoms with van der Waals surface area (Å²) in [5, 5.41) is 0. The largest absolute Gasteiger partial charge is 0.438 e. The quantitative estimate of drug-likeness (QED) is 0.756. The highest BCUT2D eigenvalue weighted by Gasteiger charge is 2.47. The van der Waals surface area contributed by atoms with Crippen molar-refractivity contribution in [2.45, 2.75) is 23.9 Å². The highest BCUT2D eigenvalue weighted by atomic mass is 79.9. The Balaban J connectivity index is 2.07. The van der Waals surface area contributed by atoms with E-state index in [2.05, 4.69) is 15.9 Å². The third-order valence-corrected chi connectivity index (χ3v) is 4.23. The lowest BCUT2D eigenvalue weighted by Gasteiger charge is -2.24. The van der Waals surface area contributed by atoms with Gasteiger partial charge in [0.25, 0.3) is 0 Å². The molecule has 2 amide bonds. The van der Waals surface area contributed by atoms with Crippen molar-refractivity contribution in [1.82, 2.24) is 4.90 Å². The van der Waals surface area contributed by atoms with E-state index in [1.54, 1.807) is 6.92 Å². The second-order valence-corrected chi connectivity index (χ2v) is 6.77. The number of amides is 2. The highest BCUT2D eigenvalue weighted by molar-refractivity contribution is 9.10. The summed E-state index contributed by atoms with van der Waals surface area (Å²) in [7, 11) is 0. The van der Waals surface area contributed by atoms with Gasteiger partial charge in [-0.1, -0.05) is 76.6 Å². The molecule has 2 aromatic rings. The molecule has 23 heavy (non-hydrogen) atoms. The van der Waals surface area contributed by atoms with Crippen LogP contribution in [0.3, 0.4) is 0 Å². The third kappa shape index (κ3) is 3.01. The maximum atomic E-state index is 12.5. The van der Waals surface area contributed by atoms with Gasteiger partial charge >= 0.3 is 6.09 Å². The zero-order valence-corrected chi connectivity index (χ0v) is 14.1. The molecule has 2 aromatic carbocycles. The van der Waals surface area contributed by atoms with Crippen molar-refractivity contribution < 1.29 is 14.3 Å². The monoisotopic (exact) mass is 373 g/mol. The SMILES string of the molecule is CC(Br)C(=O)N1C(=O)O[C@@H](c2ccccc2)[C@H]1c1ccccc1. The number of cyclic esters (lactones) is 1. The first-order valence-electron chi connectivity index (χ1n) is 7.37. The summed E-state index contributed by atoms with van der Waals surface area (Å²) in [4.78, 5) is 25.6. The van der Waals surface area contributed by atoms with Crippen LogP contribution in [0.5, 0.6) is 0 Å². The lowest BCUT2D eigenvalue weighted by atomic mass is 9.95. The summed E-state index contributed by atoms with van der Waals surface area (Å²) < 4.78 is 5.54. The Bertz CT molecular complexity index is 703. The van der Waals surface area contributed by atoms with Gasteiger partial charge in [0.15, 0.2) is 6.10 Å². The summed E-state index contributed by atoms with van der Waals surface area (Å²) in [6.45, 7) is 1.70. The molecule has 4 nitrogen and oxygen atoms in total. The van der Waals surface area contributed by atoms with Crippen molar-refractivity contribution in [2.75, 3.05) is 0 Å². The predicted octanol–water partition coefficient (Wildman–Crippen LogP) is 4.23. The first-order chi connectivity index (χ1) is 11.1. The van der Waals surface area contributed by atoms with Crippen LogP contribution in [0.25, 0.3) is 0 Å². The van der Waals surface area contributed by atoms with Crippen LogP contribution in [0, 0.1) is 0 Å². The van der Waals surface area contributed by atoms with Crippen LogP contribution in [0.15, 0.2) is 60.7 Å². The number of nitrogens with zero attached hydrogens (tertiary/aromatic N) is 1. The summed E-state index contributed by atoms with van der Waals surface area (Å²) >= 11 is 3.25. The summed E-state index contributed by atoms with van der Waals surface area (Å²) in [6.07, 6.45) is -1.12. The molecule has 0 N–H and O–H groups in total. The Morgan fingerprint density at radius 3 is 2.09 bits per heavy atom. The van der Waals surface area contributed by atoms with E-state index < -0.39 is 23.1 Å². The molecule has 1 saturated heterocycles. The number of hydrogen-bond donors (Lipinski definition) is 0. The first kappa shape index (κ1) is 15.7. The number of imide groups is 1. The molecule has 1 heterocycles. The molecule has 0 spiro atoms. The van der Waals surface area contributed by atoms with E-state index in [0.29, 0.717) is 0 Å². The lowest BCUT2D eigenvalue weighted by Crippen LogP contribution is -2.38. The second kappa shape index (κ2) is 6.54. The molecule has 3 rings (SSSR count). The van der Waals surface area contributed by atoms with Gasteiger partial charge in [0, 0.05) is 0 Å². The van der Waals surface area contributed by atoms with E-state index in [-0.39, 0.29) is 5.91 Å². The number of benzene rings is 2. The molecular formula is C18H16BrNO3. The van der Waals surface area contributed by atoms with Crippen LogP contribution in [0.4, 0.5) is 4.79 Å². The molecule has 118 valence electrons. The smallest absolute Gasteiger partial charge is 0.417 e.